The summed E-state index contributed by atoms with van der Waals surface area (Å²) in [5.41, 5.74) is 0.688. The Bertz CT molecular complexity index is 534. The van der Waals surface area contributed by atoms with Crippen LogP contribution < -0.4 is 4.74 Å². The highest BCUT2D eigenvalue weighted by Crippen LogP contribution is 2.25. The first kappa shape index (κ1) is 12.1. The molecule has 1 heterocycles. The van der Waals surface area contributed by atoms with E-state index in [1.165, 1.54) is 12.1 Å². The summed E-state index contributed by atoms with van der Waals surface area (Å²) in [6.45, 7) is 0.143. The number of pyridine rings is 1. The maximum atomic E-state index is 13.5. The van der Waals surface area contributed by atoms with Crippen molar-refractivity contribution in [2.75, 3.05) is 0 Å². The van der Waals surface area contributed by atoms with Crippen molar-refractivity contribution in [3.05, 3.63) is 58.1 Å². The lowest BCUT2D eigenvalue weighted by Crippen LogP contribution is -1.99. The molecule has 5 heteroatoms. The molecule has 0 bridgehead atoms. The summed E-state index contributed by atoms with van der Waals surface area (Å²) in [5.74, 6) is -0.480. The van der Waals surface area contributed by atoms with E-state index < -0.39 is 5.82 Å². The topological polar surface area (TPSA) is 22.1 Å². The van der Waals surface area contributed by atoms with Crippen molar-refractivity contribution in [3.63, 3.8) is 0 Å². The van der Waals surface area contributed by atoms with Gasteiger partial charge in [-0.1, -0.05) is 35.3 Å². The van der Waals surface area contributed by atoms with Crippen LogP contribution in [0.15, 0.2) is 36.5 Å². The number of rotatable bonds is 3. The van der Waals surface area contributed by atoms with Crippen LogP contribution >= 0.6 is 23.2 Å². The molecule has 2 nitrogen and oxygen atoms in total. The van der Waals surface area contributed by atoms with E-state index in [4.69, 9.17) is 27.9 Å². The van der Waals surface area contributed by atoms with Crippen LogP contribution in [0.3, 0.4) is 0 Å². The lowest BCUT2D eigenvalue weighted by atomic mass is 10.3. The van der Waals surface area contributed by atoms with Crippen LogP contribution in [0.25, 0.3) is 0 Å². The molecule has 2 aromatic rings. The highest BCUT2D eigenvalue weighted by molar-refractivity contribution is 6.31. The van der Waals surface area contributed by atoms with E-state index in [9.17, 15) is 4.39 Å². The zero-order valence-electron chi connectivity index (χ0n) is 8.66. The van der Waals surface area contributed by atoms with E-state index in [0.29, 0.717) is 10.7 Å². The van der Waals surface area contributed by atoms with Crippen molar-refractivity contribution in [2.24, 2.45) is 0 Å². The van der Waals surface area contributed by atoms with Gasteiger partial charge in [0.2, 0.25) is 0 Å². The van der Waals surface area contributed by atoms with E-state index in [-0.39, 0.29) is 17.4 Å². The Morgan fingerprint density at radius 1 is 1.18 bits per heavy atom. The average Bonchev–Trinajstić information content (AvgIpc) is 2.33. The molecule has 0 aliphatic heterocycles. The molecule has 0 aliphatic rings. The molecule has 0 saturated heterocycles. The lowest BCUT2D eigenvalue weighted by Gasteiger charge is -2.08. The van der Waals surface area contributed by atoms with Crippen LogP contribution in [-0.4, -0.2) is 4.98 Å². The van der Waals surface area contributed by atoms with Crippen LogP contribution in [-0.2, 0) is 6.61 Å². The van der Waals surface area contributed by atoms with Gasteiger partial charge in [-0.2, -0.15) is 0 Å². The number of halogens is 3. The molecule has 0 saturated carbocycles. The van der Waals surface area contributed by atoms with E-state index in [1.54, 1.807) is 24.4 Å². The summed E-state index contributed by atoms with van der Waals surface area (Å²) < 4.78 is 18.8. The first-order chi connectivity index (χ1) is 8.18. The van der Waals surface area contributed by atoms with Crippen LogP contribution in [0.5, 0.6) is 5.75 Å². The number of hydrogen-bond donors (Lipinski definition) is 0. The Morgan fingerprint density at radius 3 is 2.76 bits per heavy atom. The van der Waals surface area contributed by atoms with Crippen molar-refractivity contribution >= 4 is 23.2 Å². The Hall–Kier alpha value is -1.32. The van der Waals surface area contributed by atoms with Crippen molar-refractivity contribution in [2.45, 2.75) is 6.61 Å². The SMILES string of the molecule is Fc1c(Cl)cccc1OCc1cccnc1Cl. The number of hydrogen-bond acceptors (Lipinski definition) is 2. The van der Waals surface area contributed by atoms with Gasteiger partial charge in [-0.05, 0) is 18.2 Å². The zero-order chi connectivity index (χ0) is 12.3. The van der Waals surface area contributed by atoms with Gasteiger partial charge in [0, 0.05) is 11.8 Å². The van der Waals surface area contributed by atoms with Gasteiger partial charge in [-0.25, -0.2) is 9.37 Å². The van der Waals surface area contributed by atoms with Crippen molar-refractivity contribution < 1.29 is 9.13 Å². The first-order valence-electron chi connectivity index (χ1n) is 4.84. The second-order valence-electron chi connectivity index (χ2n) is 3.29. The summed E-state index contributed by atoms with van der Waals surface area (Å²) in [4.78, 5) is 3.90. The molecule has 0 fully saturated rings. The fourth-order valence-corrected chi connectivity index (χ4v) is 1.62. The van der Waals surface area contributed by atoms with E-state index in [2.05, 4.69) is 4.98 Å². The third-order valence-corrected chi connectivity index (χ3v) is 2.77. The van der Waals surface area contributed by atoms with E-state index in [1.807, 2.05) is 0 Å². The molecule has 0 radical (unpaired) electrons. The summed E-state index contributed by atoms with van der Waals surface area (Å²) in [5, 5.41) is 0.370. The Balaban J connectivity index is 2.13. The molecular formula is C12H8Cl2FNO. The second-order valence-corrected chi connectivity index (χ2v) is 4.06. The van der Waals surface area contributed by atoms with Crippen LogP contribution in [0.4, 0.5) is 4.39 Å². The minimum absolute atomic E-state index is 0.0276. The van der Waals surface area contributed by atoms with Crippen molar-refractivity contribution in [1.82, 2.24) is 4.98 Å². The standard InChI is InChI=1S/C12H8Cl2FNO/c13-9-4-1-5-10(11(9)15)17-7-8-3-2-6-16-12(8)14/h1-6H,7H2. The molecule has 0 unspecified atom stereocenters. The molecule has 0 N–H and O–H groups in total. The van der Waals surface area contributed by atoms with Gasteiger partial charge in [-0.3, -0.25) is 0 Å². The fraction of sp³-hybridized carbons (Fsp3) is 0.0833. The molecule has 17 heavy (non-hydrogen) atoms. The molecule has 2 rings (SSSR count). The number of nitrogens with zero attached hydrogens (tertiary/aromatic N) is 1. The largest absolute Gasteiger partial charge is 0.486 e. The maximum Gasteiger partial charge on any atom is 0.183 e. The van der Waals surface area contributed by atoms with Crippen molar-refractivity contribution in [3.8, 4) is 5.75 Å². The second kappa shape index (κ2) is 5.34. The number of benzene rings is 1. The Labute approximate surface area is 108 Å². The molecule has 1 aromatic heterocycles. The van der Waals surface area contributed by atoms with Gasteiger partial charge < -0.3 is 4.74 Å². The molecule has 88 valence electrons. The zero-order valence-corrected chi connectivity index (χ0v) is 10.2. The summed E-state index contributed by atoms with van der Waals surface area (Å²) in [7, 11) is 0. The predicted octanol–water partition coefficient (Wildman–Crippen LogP) is 4.11. The van der Waals surface area contributed by atoms with Gasteiger partial charge in [-0.15, -0.1) is 0 Å². The Morgan fingerprint density at radius 2 is 2.00 bits per heavy atom. The minimum Gasteiger partial charge on any atom is -0.486 e. The highest BCUT2D eigenvalue weighted by Gasteiger charge is 2.08. The number of aromatic nitrogens is 1. The molecular weight excluding hydrogens is 264 g/mol. The molecule has 0 amide bonds. The fourth-order valence-electron chi connectivity index (χ4n) is 1.28. The first-order valence-corrected chi connectivity index (χ1v) is 5.60. The lowest BCUT2D eigenvalue weighted by molar-refractivity contribution is 0.290. The maximum absolute atomic E-state index is 13.5. The third kappa shape index (κ3) is 2.87. The molecule has 0 aliphatic carbocycles. The monoisotopic (exact) mass is 271 g/mol. The predicted molar refractivity (Wildman–Crippen MR) is 65.0 cm³/mol. The molecule has 0 atom stereocenters. The molecule has 0 spiro atoms. The smallest absolute Gasteiger partial charge is 0.183 e. The quantitative estimate of drug-likeness (QED) is 0.784. The normalized spacial score (nSPS) is 10.3. The van der Waals surface area contributed by atoms with Crippen LogP contribution in [0.1, 0.15) is 5.56 Å². The highest BCUT2D eigenvalue weighted by atomic mass is 35.5. The summed E-state index contributed by atoms with van der Waals surface area (Å²) in [6.07, 6.45) is 1.58. The van der Waals surface area contributed by atoms with Crippen molar-refractivity contribution in [1.29, 1.82) is 0 Å². The van der Waals surface area contributed by atoms with Gasteiger partial charge in [0.1, 0.15) is 11.8 Å². The van der Waals surface area contributed by atoms with Gasteiger partial charge >= 0.3 is 0 Å². The third-order valence-electron chi connectivity index (χ3n) is 2.14. The Kier molecular flexibility index (Phi) is 3.82. The van der Waals surface area contributed by atoms with Gasteiger partial charge in [0.05, 0.1) is 5.02 Å². The number of ether oxygens (including phenoxy) is 1. The van der Waals surface area contributed by atoms with Crippen LogP contribution in [0.2, 0.25) is 10.2 Å². The summed E-state index contributed by atoms with van der Waals surface area (Å²) >= 11 is 11.5. The van der Waals surface area contributed by atoms with E-state index >= 15 is 0 Å². The minimum atomic E-state index is -0.575. The molecule has 1 aromatic carbocycles. The average molecular weight is 272 g/mol. The van der Waals surface area contributed by atoms with Gasteiger partial charge in [0.15, 0.2) is 11.6 Å². The van der Waals surface area contributed by atoms with Gasteiger partial charge in [0.25, 0.3) is 0 Å². The summed E-state index contributed by atoms with van der Waals surface area (Å²) in [6, 6.07) is 8.08. The van der Waals surface area contributed by atoms with Crippen LogP contribution in [0, 0.1) is 5.82 Å². The van der Waals surface area contributed by atoms with E-state index in [0.717, 1.165) is 0 Å².